The lowest BCUT2D eigenvalue weighted by molar-refractivity contribution is -0.137. The Balaban J connectivity index is 2.65. The number of hydrogen-bond donors (Lipinski definition) is 2. The second-order valence-electron chi connectivity index (χ2n) is 3.80. The van der Waals surface area contributed by atoms with Gasteiger partial charge in [0, 0.05) is 23.2 Å². The van der Waals surface area contributed by atoms with Crippen molar-refractivity contribution in [2.24, 2.45) is 0 Å². The Labute approximate surface area is 106 Å². The molecule has 0 saturated heterocycles. The Morgan fingerprint density at radius 2 is 2.29 bits per heavy atom. The normalized spacial score (nSPS) is 12.2. The lowest BCUT2D eigenvalue weighted by atomic mass is 10.1. The minimum absolute atomic E-state index is 0.0762. The number of nitrogens with one attached hydrogen (secondary N) is 1. The van der Waals surface area contributed by atoms with Gasteiger partial charge >= 0.3 is 5.97 Å². The molecule has 1 atom stereocenters. The van der Waals surface area contributed by atoms with Crippen LogP contribution in [-0.2, 0) is 11.3 Å². The van der Waals surface area contributed by atoms with E-state index in [1.54, 1.807) is 13.2 Å². The highest BCUT2D eigenvalue weighted by Gasteiger charge is 2.11. The van der Waals surface area contributed by atoms with Crippen molar-refractivity contribution in [1.29, 1.82) is 0 Å². The first-order valence-electron chi connectivity index (χ1n) is 5.31. The molecule has 0 bridgehead atoms. The molecule has 0 aliphatic carbocycles. The summed E-state index contributed by atoms with van der Waals surface area (Å²) in [5.74, 6) is -0.122. The molecular weight excluding hydrogens is 242 g/mol. The van der Waals surface area contributed by atoms with Crippen LogP contribution in [0.1, 0.15) is 18.9 Å². The fraction of sp³-hybridized carbons (Fsp3) is 0.417. The molecule has 1 aromatic carbocycles. The van der Waals surface area contributed by atoms with Crippen LogP contribution in [0, 0.1) is 0 Å². The molecule has 0 fully saturated rings. The molecule has 1 aromatic rings. The molecule has 1 rings (SSSR count). The fourth-order valence-electron chi connectivity index (χ4n) is 1.51. The molecule has 2 N–H and O–H groups in total. The van der Waals surface area contributed by atoms with Gasteiger partial charge in [0.1, 0.15) is 5.75 Å². The van der Waals surface area contributed by atoms with Crippen LogP contribution in [0.4, 0.5) is 0 Å². The van der Waals surface area contributed by atoms with Gasteiger partial charge in [-0.3, -0.25) is 4.79 Å². The van der Waals surface area contributed by atoms with Crippen LogP contribution in [0.25, 0.3) is 0 Å². The molecule has 0 aliphatic rings. The molecule has 0 amide bonds. The number of carboxylic acids is 1. The summed E-state index contributed by atoms with van der Waals surface area (Å²) in [6.45, 7) is 2.30. The fourth-order valence-corrected chi connectivity index (χ4v) is 1.74. The van der Waals surface area contributed by atoms with E-state index in [1.165, 1.54) is 0 Å². The second kappa shape index (κ2) is 6.47. The summed E-state index contributed by atoms with van der Waals surface area (Å²) in [7, 11) is 1.58. The number of carboxylic acid groups (broad SMARTS) is 1. The maximum atomic E-state index is 10.5. The maximum absolute atomic E-state index is 10.5. The topological polar surface area (TPSA) is 58.6 Å². The van der Waals surface area contributed by atoms with Crippen LogP contribution in [0.5, 0.6) is 5.75 Å². The second-order valence-corrected chi connectivity index (χ2v) is 4.21. The summed E-state index contributed by atoms with van der Waals surface area (Å²) < 4.78 is 5.20. The predicted molar refractivity (Wildman–Crippen MR) is 66.6 cm³/mol. The summed E-state index contributed by atoms with van der Waals surface area (Å²) in [6.07, 6.45) is 0.0762. The summed E-state index contributed by atoms with van der Waals surface area (Å²) in [5.41, 5.74) is 0.842. The zero-order chi connectivity index (χ0) is 12.8. The third-order valence-corrected chi connectivity index (χ3v) is 2.76. The molecule has 5 heteroatoms. The van der Waals surface area contributed by atoms with Gasteiger partial charge in [0.15, 0.2) is 0 Å². The van der Waals surface area contributed by atoms with Gasteiger partial charge in [0.25, 0.3) is 0 Å². The van der Waals surface area contributed by atoms with Crippen molar-refractivity contribution >= 4 is 17.6 Å². The van der Waals surface area contributed by atoms with E-state index in [1.807, 2.05) is 19.1 Å². The molecule has 0 heterocycles. The summed E-state index contributed by atoms with van der Waals surface area (Å²) in [5, 5.41) is 12.4. The maximum Gasteiger partial charge on any atom is 0.304 e. The zero-order valence-electron chi connectivity index (χ0n) is 9.87. The minimum atomic E-state index is -0.823. The summed E-state index contributed by atoms with van der Waals surface area (Å²) in [6, 6.07) is 5.30. The van der Waals surface area contributed by atoms with Gasteiger partial charge < -0.3 is 15.2 Å². The lowest BCUT2D eigenvalue weighted by Crippen LogP contribution is -2.28. The number of methoxy groups -OCH3 is 1. The third-order valence-electron chi connectivity index (χ3n) is 2.40. The number of hydrogen-bond acceptors (Lipinski definition) is 3. The molecule has 0 saturated carbocycles. The number of rotatable bonds is 6. The summed E-state index contributed by atoms with van der Waals surface area (Å²) in [4.78, 5) is 10.5. The Bertz CT molecular complexity index is 395. The average Bonchev–Trinajstić information content (AvgIpc) is 2.26. The van der Waals surface area contributed by atoms with Crippen molar-refractivity contribution < 1.29 is 14.6 Å². The monoisotopic (exact) mass is 257 g/mol. The molecule has 17 heavy (non-hydrogen) atoms. The minimum Gasteiger partial charge on any atom is -0.496 e. The molecule has 0 aliphatic heterocycles. The quantitative estimate of drug-likeness (QED) is 0.821. The Morgan fingerprint density at radius 1 is 1.59 bits per heavy atom. The van der Waals surface area contributed by atoms with Gasteiger partial charge in [0.05, 0.1) is 13.5 Å². The first-order valence-corrected chi connectivity index (χ1v) is 5.69. The first kappa shape index (κ1) is 13.8. The van der Waals surface area contributed by atoms with Gasteiger partial charge in [-0.05, 0) is 19.1 Å². The highest BCUT2D eigenvalue weighted by molar-refractivity contribution is 6.31. The number of benzene rings is 1. The molecular formula is C12H16ClNO3. The highest BCUT2D eigenvalue weighted by atomic mass is 35.5. The Kier molecular flexibility index (Phi) is 5.25. The van der Waals surface area contributed by atoms with Gasteiger partial charge in [-0.25, -0.2) is 0 Å². The number of aliphatic carboxylic acids is 1. The van der Waals surface area contributed by atoms with Gasteiger partial charge in [-0.2, -0.15) is 0 Å². The van der Waals surface area contributed by atoms with Crippen molar-refractivity contribution in [2.45, 2.75) is 25.9 Å². The van der Waals surface area contributed by atoms with Crippen LogP contribution < -0.4 is 10.1 Å². The van der Waals surface area contributed by atoms with E-state index < -0.39 is 5.97 Å². The van der Waals surface area contributed by atoms with Crippen molar-refractivity contribution in [3.8, 4) is 5.75 Å². The lowest BCUT2D eigenvalue weighted by Gasteiger charge is -2.14. The Morgan fingerprint density at radius 3 is 2.88 bits per heavy atom. The SMILES string of the molecule is COc1cccc(Cl)c1CNC(C)CC(=O)O. The number of halogens is 1. The average molecular weight is 258 g/mol. The zero-order valence-corrected chi connectivity index (χ0v) is 10.6. The van der Waals surface area contributed by atoms with E-state index in [4.69, 9.17) is 21.4 Å². The predicted octanol–water partition coefficient (Wildman–Crippen LogP) is 2.30. The smallest absolute Gasteiger partial charge is 0.304 e. The van der Waals surface area contributed by atoms with E-state index >= 15 is 0 Å². The van der Waals surface area contributed by atoms with E-state index in [2.05, 4.69) is 5.32 Å². The molecule has 0 aromatic heterocycles. The summed E-state index contributed by atoms with van der Waals surface area (Å²) >= 11 is 6.06. The molecule has 0 spiro atoms. The van der Waals surface area contributed by atoms with Crippen molar-refractivity contribution in [2.75, 3.05) is 7.11 Å². The van der Waals surface area contributed by atoms with Gasteiger partial charge in [-0.15, -0.1) is 0 Å². The highest BCUT2D eigenvalue weighted by Crippen LogP contribution is 2.25. The van der Waals surface area contributed by atoms with E-state index in [0.29, 0.717) is 17.3 Å². The van der Waals surface area contributed by atoms with E-state index in [0.717, 1.165) is 5.56 Å². The van der Waals surface area contributed by atoms with Gasteiger partial charge in [-0.1, -0.05) is 17.7 Å². The van der Waals surface area contributed by atoms with Crippen LogP contribution in [0.15, 0.2) is 18.2 Å². The van der Waals surface area contributed by atoms with Crippen LogP contribution in [0.2, 0.25) is 5.02 Å². The van der Waals surface area contributed by atoms with E-state index in [-0.39, 0.29) is 12.5 Å². The van der Waals surface area contributed by atoms with Crippen molar-refractivity contribution in [3.63, 3.8) is 0 Å². The largest absolute Gasteiger partial charge is 0.496 e. The van der Waals surface area contributed by atoms with Crippen molar-refractivity contribution in [3.05, 3.63) is 28.8 Å². The molecule has 94 valence electrons. The first-order chi connectivity index (χ1) is 8.04. The van der Waals surface area contributed by atoms with Crippen LogP contribution in [0.3, 0.4) is 0 Å². The van der Waals surface area contributed by atoms with Crippen LogP contribution >= 0.6 is 11.6 Å². The molecule has 4 nitrogen and oxygen atoms in total. The molecule has 0 radical (unpaired) electrons. The Hall–Kier alpha value is -1.26. The number of carbonyl (C=O) groups is 1. The van der Waals surface area contributed by atoms with Crippen LogP contribution in [-0.4, -0.2) is 24.2 Å². The van der Waals surface area contributed by atoms with Gasteiger partial charge in [0.2, 0.25) is 0 Å². The van der Waals surface area contributed by atoms with E-state index in [9.17, 15) is 4.79 Å². The van der Waals surface area contributed by atoms with Crippen molar-refractivity contribution in [1.82, 2.24) is 5.32 Å². The standard InChI is InChI=1S/C12H16ClNO3/c1-8(6-12(15)16)14-7-9-10(13)4-3-5-11(9)17-2/h3-5,8,14H,6-7H2,1-2H3,(H,15,16). The molecule has 1 unspecified atom stereocenters. The third kappa shape index (κ3) is 4.24. The number of ether oxygens (including phenoxy) is 1.